The fourth-order valence-corrected chi connectivity index (χ4v) is 6.73. The highest BCUT2D eigenvalue weighted by molar-refractivity contribution is 5.61. The minimum absolute atomic E-state index is 0.0191. The summed E-state index contributed by atoms with van der Waals surface area (Å²) in [6, 6.07) is 9.86. The molecule has 1 aromatic rings. The van der Waals surface area contributed by atoms with E-state index in [4.69, 9.17) is 18.9 Å². The molecule has 0 spiro atoms. The number of nitrogens with one attached hydrogen (secondary N) is 1. The lowest BCUT2D eigenvalue weighted by atomic mass is 9.82. The Morgan fingerprint density at radius 2 is 1.49 bits per heavy atom. The van der Waals surface area contributed by atoms with Gasteiger partial charge in [-0.25, -0.2) is 9.59 Å². The summed E-state index contributed by atoms with van der Waals surface area (Å²) in [7, 11) is 0. The molecule has 1 aromatic carbocycles. The van der Waals surface area contributed by atoms with Gasteiger partial charge in [0.05, 0.1) is 26.4 Å². The van der Waals surface area contributed by atoms with Crippen molar-refractivity contribution < 1.29 is 48.4 Å². The zero-order chi connectivity index (χ0) is 40.6. The Labute approximate surface area is 325 Å². The number of allylic oxidation sites excluding steroid dienone is 3. The Morgan fingerprint density at radius 3 is 2.09 bits per heavy atom. The fourth-order valence-electron chi connectivity index (χ4n) is 6.73. The van der Waals surface area contributed by atoms with E-state index in [9.17, 15) is 29.8 Å². The molecule has 15 heteroatoms. The summed E-state index contributed by atoms with van der Waals surface area (Å²) in [5, 5.41) is 22.3. The minimum Gasteiger partial charge on any atom is -0.434 e. The highest BCUT2D eigenvalue weighted by Gasteiger charge is 2.43. The zero-order valence-electron chi connectivity index (χ0n) is 33.2. The molecule has 1 N–H and O–H groups in total. The summed E-state index contributed by atoms with van der Waals surface area (Å²) >= 11 is 0. The summed E-state index contributed by atoms with van der Waals surface area (Å²) < 4.78 is 22.5. The number of rotatable bonds is 27. The normalized spacial score (nSPS) is 19.0. The smallest absolute Gasteiger partial charge is 0.434 e. The van der Waals surface area contributed by atoms with Crippen molar-refractivity contribution in [1.29, 1.82) is 0 Å². The zero-order valence-corrected chi connectivity index (χ0v) is 33.2. The van der Waals surface area contributed by atoms with Crippen molar-refractivity contribution in [3.8, 4) is 0 Å². The van der Waals surface area contributed by atoms with Crippen molar-refractivity contribution in [2.75, 3.05) is 33.0 Å². The summed E-state index contributed by atoms with van der Waals surface area (Å²) in [5.41, 5.74) is 5.51. The van der Waals surface area contributed by atoms with Gasteiger partial charge in [0.25, 0.3) is 10.2 Å². The summed E-state index contributed by atoms with van der Waals surface area (Å²) in [6.45, 7) is 15.3. The molecule has 5 atom stereocenters. The van der Waals surface area contributed by atoms with Crippen molar-refractivity contribution in [2.24, 2.45) is 17.8 Å². The van der Waals surface area contributed by atoms with E-state index in [2.05, 4.69) is 55.3 Å². The van der Waals surface area contributed by atoms with Crippen LogP contribution in [0.1, 0.15) is 104 Å². The lowest BCUT2D eigenvalue weighted by Crippen LogP contribution is -2.27. The predicted molar refractivity (Wildman–Crippen MR) is 206 cm³/mol. The van der Waals surface area contributed by atoms with Gasteiger partial charge in [-0.15, -0.1) is 20.2 Å². The van der Waals surface area contributed by atoms with Crippen LogP contribution in [0, 0.1) is 38.0 Å². The Hall–Kier alpha value is -4.82. The van der Waals surface area contributed by atoms with Gasteiger partial charge in [-0.3, -0.25) is 0 Å². The van der Waals surface area contributed by atoms with Gasteiger partial charge in [-0.2, -0.15) is 0 Å². The van der Waals surface area contributed by atoms with Crippen LogP contribution < -0.4 is 5.32 Å². The van der Waals surface area contributed by atoms with Gasteiger partial charge in [0.2, 0.25) is 0 Å². The topological polar surface area (TPSA) is 188 Å². The molecule has 1 aliphatic rings. The first-order valence-electron chi connectivity index (χ1n) is 19.3. The van der Waals surface area contributed by atoms with Crippen LogP contribution in [0.4, 0.5) is 9.59 Å². The molecule has 1 saturated carbocycles. The Kier molecular flexibility index (Phi) is 22.0. The molecule has 0 radical (unpaired) electrons. The molecular weight excluding hydrogens is 714 g/mol. The molecule has 0 amide bonds. The van der Waals surface area contributed by atoms with Gasteiger partial charge in [0, 0.05) is 18.2 Å². The second-order valence-corrected chi connectivity index (χ2v) is 14.1. The predicted octanol–water partition coefficient (Wildman–Crippen LogP) is 8.88. The highest BCUT2D eigenvalue weighted by Crippen LogP contribution is 2.44. The van der Waals surface area contributed by atoms with Gasteiger partial charge < -0.3 is 33.9 Å². The van der Waals surface area contributed by atoms with E-state index in [0.29, 0.717) is 44.9 Å². The van der Waals surface area contributed by atoms with E-state index < -0.39 is 34.7 Å². The van der Waals surface area contributed by atoms with Crippen LogP contribution >= 0.6 is 0 Å². The van der Waals surface area contributed by atoms with E-state index in [-0.39, 0.29) is 44.2 Å². The van der Waals surface area contributed by atoms with Crippen molar-refractivity contribution in [3.63, 3.8) is 0 Å². The lowest BCUT2D eigenvalue weighted by Gasteiger charge is -2.27. The third kappa shape index (κ3) is 19.4. The molecule has 1 fully saturated rings. The maximum Gasteiger partial charge on any atom is 0.508 e. The number of carbonyl (C=O) groups excluding carboxylic acids is 2. The number of ether oxygens (including phenoxy) is 4. The fraction of sp³-hybridized carbons (Fsp3) is 0.650. The Bertz CT molecular complexity index is 1420. The number of benzene rings is 1. The van der Waals surface area contributed by atoms with Crippen LogP contribution in [0.15, 0.2) is 65.4 Å². The molecule has 0 saturated heterocycles. The van der Waals surface area contributed by atoms with E-state index in [0.717, 1.165) is 49.1 Å². The largest absolute Gasteiger partial charge is 0.508 e. The summed E-state index contributed by atoms with van der Waals surface area (Å²) in [4.78, 5) is 55.2. The van der Waals surface area contributed by atoms with Crippen LogP contribution in [-0.4, -0.2) is 67.7 Å². The lowest BCUT2D eigenvalue weighted by molar-refractivity contribution is -0.757. The number of hydrogen-bond donors (Lipinski definition) is 1. The second-order valence-electron chi connectivity index (χ2n) is 14.1. The quantitative estimate of drug-likeness (QED) is 0.0294. The van der Waals surface area contributed by atoms with E-state index in [1.165, 1.54) is 11.1 Å². The molecule has 15 nitrogen and oxygen atoms in total. The Morgan fingerprint density at radius 1 is 0.891 bits per heavy atom. The molecule has 2 unspecified atom stereocenters. The van der Waals surface area contributed by atoms with Crippen molar-refractivity contribution >= 4 is 12.3 Å². The van der Waals surface area contributed by atoms with Crippen molar-refractivity contribution in [2.45, 2.75) is 117 Å². The standard InChI is InChI=1S/C40H61N3O12/c1-7-41-33(6)17-15-16-29(2)30(3)26-35-31(4)28-38(55-40(45)51-23-12-14-25-53-43(48)49)36(35)27-32(5)37(21-20-34-18-9-8-10-19-34)54-39(44)50-22-11-13-24-52-42(46)47/h8-10,18-19,27,31,35-38,41H,6-7,11-17,20-26,28H2,1-5H3/b30-29-,32-27+/t31?,35?,36-,37+,38-/m1/s1. The third-order valence-electron chi connectivity index (χ3n) is 9.88. The molecule has 0 bridgehead atoms. The molecular formula is C40H61N3O12. The van der Waals surface area contributed by atoms with Gasteiger partial charge in [0.15, 0.2) is 0 Å². The molecule has 0 aliphatic heterocycles. The number of nitrogens with zero attached hydrogens (tertiary/aromatic N) is 2. The van der Waals surface area contributed by atoms with Crippen LogP contribution in [0.2, 0.25) is 0 Å². The van der Waals surface area contributed by atoms with Crippen LogP contribution in [0.3, 0.4) is 0 Å². The van der Waals surface area contributed by atoms with E-state index >= 15 is 0 Å². The molecule has 1 aliphatic carbocycles. The van der Waals surface area contributed by atoms with E-state index in [1.54, 1.807) is 0 Å². The third-order valence-corrected chi connectivity index (χ3v) is 9.88. The van der Waals surface area contributed by atoms with Gasteiger partial charge in [0.1, 0.15) is 12.2 Å². The van der Waals surface area contributed by atoms with Crippen molar-refractivity contribution in [1.82, 2.24) is 5.32 Å². The Balaban J connectivity index is 2.28. The molecule has 308 valence electrons. The van der Waals surface area contributed by atoms with Gasteiger partial charge in [-0.1, -0.05) is 61.1 Å². The number of unbranched alkanes of at least 4 members (excludes halogenated alkanes) is 2. The second kappa shape index (κ2) is 26.1. The van der Waals surface area contributed by atoms with Crippen LogP contribution in [-0.2, 0) is 35.0 Å². The van der Waals surface area contributed by atoms with E-state index in [1.807, 2.05) is 37.3 Å². The SMILES string of the molecule is C=C(CCC/C(C)=C(/C)CC1C(C)C[C@@H](OC(=O)OCCCCO[N+](=O)[O-])[C@@H]1/C=C(\C)[C@H](CCc1ccccc1)OC(=O)OCCCCO[N+](=O)[O-])NCC. The minimum atomic E-state index is -0.861. The van der Waals surface area contributed by atoms with Gasteiger partial charge >= 0.3 is 12.3 Å². The first-order chi connectivity index (χ1) is 26.3. The number of hydrogen-bond acceptors (Lipinski definition) is 13. The number of carbonyl (C=O) groups is 2. The molecule has 0 heterocycles. The van der Waals surface area contributed by atoms with Crippen LogP contribution in [0.5, 0.6) is 0 Å². The monoisotopic (exact) mass is 775 g/mol. The first-order valence-corrected chi connectivity index (χ1v) is 19.3. The maximum atomic E-state index is 12.9. The maximum absolute atomic E-state index is 12.9. The van der Waals surface area contributed by atoms with Crippen molar-refractivity contribution in [3.05, 3.63) is 91.2 Å². The average molecular weight is 776 g/mol. The highest BCUT2D eigenvalue weighted by atomic mass is 17.0. The summed E-state index contributed by atoms with van der Waals surface area (Å²) in [6.07, 6.45) is 6.04. The summed E-state index contributed by atoms with van der Waals surface area (Å²) in [5.74, 6) is 0.0879. The van der Waals surface area contributed by atoms with Crippen LogP contribution in [0.25, 0.3) is 0 Å². The number of aryl methyl sites for hydroxylation is 1. The molecule has 2 rings (SSSR count). The van der Waals surface area contributed by atoms with Gasteiger partial charge in [-0.05, 0) is 121 Å². The average Bonchev–Trinajstić information content (AvgIpc) is 3.41. The molecule has 55 heavy (non-hydrogen) atoms. The first kappa shape index (κ1) is 46.3. The molecule has 0 aromatic heterocycles.